The Morgan fingerprint density at radius 1 is 0.960 bits per heavy atom. The van der Waals surface area contributed by atoms with E-state index >= 15 is 0 Å². The first kappa shape index (κ1) is 16.0. The second kappa shape index (κ2) is 6.11. The third kappa shape index (κ3) is 2.48. The molecule has 126 valence electrons. The van der Waals surface area contributed by atoms with E-state index in [1.165, 1.54) is 16.7 Å². The summed E-state index contributed by atoms with van der Waals surface area (Å²) in [5.41, 5.74) is 9.69. The molecule has 1 nitrogen and oxygen atoms in total. The summed E-state index contributed by atoms with van der Waals surface area (Å²) in [5.74, 6) is -0.144. The Bertz CT molecular complexity index is 972. The average molecular weight is 331 g/mol. The van der Waals surface area contributed by atoms with E-state index in [1.807, 2.05) is 19.1 Å². The zero-order valence-electron chi connectivity index (χ0n) is 15.0. The highest BCUT2D eigenvalue weighted by atomic mass is 19.1. The van der Waals surface area contributed by atoms with Gasteiger partial charge in [0.15, 0.2) is 0 Å². The Morgan fingerprint density at radius 2 is 1.76 bits per heavy atom. The molecule has 0 aliphatic heterocycles. The highest BCUT2D eigenvalue weighted by Gasteiger charge is 2.27. The Hall–Kier alpha value is -2.48. The largest absolute Gasteiger partial charge is 0.257 e. The molecule has 3 aromatic rings. The number of hydrogen-bond donors (Lipinski definition) is 0. The van der Waals surface area contributed by atoms with Crippen LogP contribution in [0.2, 0.25) is 0 Å². The molecule has 4 rings (SSSR count). The van der Waals surface area contributed by atoms with Gasteiger partial charge in [0.25, 0.3) is 0 Å². The van der Waals surface area contributed by atoms with Crippen molar-refractivity contribution < 1.29 is 4.39 Å². The Kier molecular flexibility index (Phi) is 3.91. The summed E-state index contributed by atoms with van der Waals surface area (Å²) in [6, 6.07) is 14.0. The van der Waals surface area contributed by atoms with Crippen molar-refractivity contribution >= 4 is 0 Å². The summed E-state index contributed by atoms with van der Waals surface area (Å²) in [7, 11) is 0. The van der Waals surface area contributed by atoms with Gasteiger partial charge in [0.05, 0.1) is 5.69 Å². The minimum absolute atomic E-state index is 0.144. The van der Waals surface area contributed by atoms with Crippen LogP contribution in [0.5, 0.6) is 0 Å². The second-order valence-electron chi connectivity index (χ2n) is 6.76. The lowest BCUT2D eigenvalue weighted by Gasteiger charge is -2.18. The van der Waals surface area contributed by atoms with Gasteiger partial charge >= 0.3 is 0 Å². The summed E-state index contributed by atoms with van der Waals surface area (Å²) in [4.78, 5) is 4.97. The van der Waals surface area contributed by atoms with Crippen molar-refractivity contribution in [3.63, 3.8) is 0 Å². The monoisotopic (exact) mass is 331 g/mol. The summed E-state index contributed by atoms with van der Waals surface area (Å²) >= 11 is 0. The zero-order chi connectivity index (χ0) is 17.6. The van der Waals surface area contributed by atoms with Crippen LogP contribution in [0.1, 0.15) is 41.9 Å². The van der Waals surface area contributed by atoms with Crippen LogP contribution >= 0.6 is 0 Å². The average Bonchev–Trinajstić information content (AvgIpc) is 2.98. The third-order valence-electron chi connectivity index (χ3n) is 5.19. The molecule has 0 fully saturated rings. The maximum atomic E-state index is 14.9. The first-order valence-electron chi connectivity index (χ1n) is 9.03. The van der Waals surface area contributed by atoms with Crippen molar-refractivity contribution in [3.05, 3.63) is 76.4 Å². The predicted molar refractivity (Wildman–Crippen MR) is 101 cm³/mol. The number of halogens is 1. The quantitative estimate of drug-likeness (QED) is 0.456. The number of aromatic nitrogens is 1. The maximum Gasteiger partial charge on any atom is 0.131 e. The van der Waals surface area contributed by atoms with Gasteiger partial charge in [0.2, 0.25) is 0 Å². The second-order valence-corrected chi connectivity index (χ2v) is 6.76. The van der Waals surface area contributed by atoms with Crippen molar-refractivity contribution in [1.82, 2.24) is 4.98 Å². The number of rotatable bonds is 3. The van der Waals surface area contributed by atoms with Gasteiger partial charge in [-0.3, -0.25) is 4.98 Å². The van der Waals surface area contributed by atoms with Crippen molar-refractivity contribution in [2.45, 2.75) is 40.0 Å². The lowest BCUT2D eigenvalue weighted by atomic mass is 9.88. The van der Waals surface area contributed by atoms with E-state index in [4.69, 9.17) is 4.98 Å². The van der Waals surface area contributed by atoms with E-state index in [0.717, 1.165) is 47.3 Å². The molecule has 0 saturated carbocycles. The number of hydrogen-bond acceptors (Lipinski definition) is 1. The van der Waals surface area contributed by atoms with Gasteiger partial charge in [0.1, 0.15) is 5.82 Å². The Labute approximate surface area is 148 Å². The van der Waals surface area contributed by atoms with Crippen LogP contribution in [-0.4, -0.2) is 4.98 Å². The fourth-order valence-electron chi connectivity index (χ4n) is 4.04. The van der Waals surface area contributed by atoms with Gasteiger partial charge < -0.3 is 0 Å². The summed E-state index contributed by atoms with van der Waals surface area (Å²) in [6.45, 7) is 6.20. The van der Waals surface area contributed by atoms with Crippen molar-refractivity contribution in [3.8, 4) is 22.3 Å². The number of fused-ring (bicyclic) bond motifs is 3. The van der Waals surface area contributed by atoms with E-state index in [-0.39, 0.29) is 5.82 Å². The van der Waals surface area contributed by atoms with Crippen LogP contribution in [0.4, 0.5) is 4.39 Å². The molecule has 2 heteroatoms. The zero-order valence-corrected chi connectivity index (χ0v) is 15.0. The van der Waals surface area contributed by atoms with Gasteiger partial charge in [-0.1, -0.05) is 50.2 Å². The molecule has 0 saturated heterocycles. The summed E-state index contributed by atoms with van der Waals surface area (Å²) < 4.78 is 14.9. The van der Waals surface area contributed by atoms with Gasteiger partial charge in [-0.2, -0.15) is 0 Å². The fourth-order valence-corrected chi connectivity index (χ4v) is 4.04. The van der Waals surface area contributed by atoms with E-state index in [9.17, 15) is 4.39 Å². The maximum absolute atomic E-state index is 14.9. The van der Waals surface area contributed by atoms with E-state index < -0.39 is 0 Å². The smallest absolute Gasteiger partial charge is 0.131 e. The fraction of sp³-hybridized carbons (Fsp3) is 0.261. The molecular formula is C23H22FN. The minimum Gasteiger partial charge on any atom is -0.257 e. The standard InChI is InChI=1S/C23H22FN/c1-4-16-20(5-2)25-21-13-15-8-6-7-9-17(15)23(21)22(16)18-11-10-14(3)12-19(18)24/h6-12H,4-5,13H2,1-3H3. The number of nitrogens with zero attached hydrogens (tertiary/aromatic N) is 1. The molecule has 0 spiro atoms. The number of aryl methyl sites for hydroxylation is 2. The molecule has 1 aliphatic carbocycles. The molecule has 1 aliphatic rings. The molecule has 0 N–H and O–H groups in total. The molecule has 1 heterocycles. The van der Waals surface area contributed by atoms with Crippen LogP contribution in [0.25, 0.3) is 22.3 Å². The Morgan fingerprint density at radius 3 is 2.48 bits per heavy atom. The van der Waals surface area contributed by atoms with E-state index in [1.54, 1.807) is 6.07 Å². The highest BCUT2D eigenvalue weighted by Crippen LogP contribution is 2.45. The highest BCUT2D eigenvalue weighted by molar-refractivity contribution is 5.91. The van der Waals surface area contributed by atoms with E-state index in [2.05, 4.69) is 38.1 Å². The normalized spacial score (nSPS) is 12.2. The molecule has 0 bridgehead atoms. The van der Waals surface area contributed by atoms with Crippen molar-refractivity contribution in [2.24, 2.45) is 0 Å². The SMILES string of the molecule is CCc1nc2c(c(-c3ccc(C)cc3F)c1CC)-c1ccccc1C2. The topological polar surface area (TPSA) is 12.9 Å². The predicted octanol–water partition coefficient (Wildman–Crippen LogP) is 5.89. The van der Waals surface area contributed by atoms with Crippen LogP contribution in [0, 0.1) is 12.7 Å². The number of pyridine rings is 1. The van der Waals surface area contributed by atoms with Crippen LogP contribution in [0.3, 0.4) is 0 Å². The van der Waals surface area contributed by atoms with Gasteiger partial charge in [-0.15, -0.1) is 0 Å². The molecule has 0 radical (unpaired) electrons. The molecule has 2 aromatic carbocycles. The van der Waals surface area contributed by atoms with Crippen LogP contribution in [0.15, 0.2) is 42.5 Å². The lowest BCUT2D eigenvalue weighted by molar-refractivity contribution is 0.630. The third-order valence-corrected chi connectivity index (χ3v) is 5.19. The minimum atomic E-state index is -0.144. The van der Waals surface area contributed by atoms with Crippen molar-refractivity contribution in [1.29, 1.82) is 0 Å². The van der Waals surface area contributed by atoms with Gasteiger partial charge in [-0.25, -0.2) is 4.39 Å². The van der Waals surface area contributed by atoms with Crippen molar-refractivity contribution in [2.75, 3.05) is 0 Å². The van der Waals surface area contributed by atoms with Crippen LogP contribution in [-0.2, 0) is 19.3 Å². The Balaban J connectivity index is 2.11. The molecule has 1 aromatic heterocycles. The molecule has 25 heavy (non-hydrogen) atoms. The van der Waals surface area contributed by atoms with Gasteiger partial charge in [0, 0.05) is 23.2 Å². The molecule has 0 unspecified atom stereocenters. The van der Waals surface area contributed by atoms with Crippen LogP contribution < -0.4 is 0 Å². The van der Waals surface area contributed by atoms with E-state index in [0.29, 0.717) is 5.56 Å². The first-order valence-corrected chi connectivity index (χ1v) is 9.03. The molecule has 0 atom stereocenters. The number of benzene rings is 2. The first-order chi connectivity index (χ1) is 12.1. The summed E-state index contributed by atoms with van der Waals surface area (Å²) in [5, 5.41) is 0. The lowest BCUT2D eigenvalue weighted by Crippen LogP contribution is -2.05. The van der Waals surface area contributed by atoms with Gasteiger partial charge in [-0.05, 0) is 53.6 Å². The summed E-state index contributed by atoms with van der Waals surface area (Å²) in [6.07, 6.45) is 2.56. The molecular weight excluding hydrogens is 309 g/mol. The molecule has 0 amide bonds.